The molecule has 4 rings (SSSR count). The lowest BCUT2D eigenvalue weighted by atomic mass is 9.94. The molecule has 136 valence electrons. The van der Waals surface area contributed by atoms with Gasteiger partial charge in [0, 0.05) is 18.2 Å². The van der Waals surface area contributed by atoms with Crippen LogP contribution in [0, 0.1) is 13.8 Å². The number of ether oxygens (including phenoxy) is 1. The molecular formula is C24H24N2O. The zero-order valence-electron chi connectivity index (χ0n) is 16.3. The lowest BCUT2D eigenvalue weighted by Crippen LogP contribution is -1.99. The third-order valence-electron chi connectivity index (χ3n) is 5.11. The molecule has 27 heavy (non-hydrogen) atoms. The van der Waals surface area contributed by atoms with Crippen molar-refractivity contribution in [3.8, 4) is 28.3 Å². The summed E-state index contributed by atoms with van der Waals surface area (Å²) in [5.41, 5.74) is 8.27. The monoisotopic (exact) mass is 356 g/mol. The second kappa shape index (κ2) is 6.92. The predicted octanol–water partition coefficient (Wildman–Crippen LogP) is 6.02. The molecule has 0 N–H and O–H groups in total. The molecule has 0 aliphatic carbocycles. The van der Waals surface area contributed by atoms with Crippen molar-refractivity contribution in [2.75, 3.05) is 7.11 Å². The van der Waals surface area contributed by atoms with Gasteiger partial charge in [0.1, 0.15) is 11.6 Å². The van der Waals surface area contributed by atoms with Crippen LogP contribution in [0.5, 0.6) is 5.75 Å². The smallest absolute Gasteiger partial charge is 0.141 e. The van der Waals surface area contributed by atoms with E-state index in [1.54, 1.807) is 7.11 Å². The van der Waals surface area contributed by atoms with Gasteiger partial charge < -0.3 is 9.30 Å². The van der Waals surface area contributed by atoms with Crippen molar-refractivity contribution in [3.05, 3.63) is 71.8 Å². The summed E-state index contributed by atoms with van der Waals surface area (Å²) in [4.78, 5) is 4.98. The van der Waals surface area contributed by atoms with Crippen LogP contribution in [-0.2, 0) is 6.54 Å². The topological polar surface area (TPSA) is 27.1 Å². The fourth-order valence-electron chi connectivity index (χ4n) is 3.79. The Morgan fingerprint density at radius 1 is 0.889 bits per heavy atom. The van der Waals surface area contributed by atoms with E-state index in [2.05, 4.69) is 73.9 Å². The molecule has 0 aliphatic heterocycles. The molecular weight excluding hydrogens is 332 g/mol. The molecule has 1 aromatic heterocycles. The average Bonchev–Trinajstić information content (AvgIpc) is 3.05. The number of rotatable bonds is 4. The molecule has 1 heterocycles. The maximum atomic E-state index is 5.38. The number of aromatic nitrogens is 2. The second-order valence-corrected chi connectivity index (χ2v) is 6.90. The maximum absolute atomic E-state index is 5.38. The zero-order chi connectivity index (χ0) is 19.0. The Morgan fingerprint density at radius 3 is 2.37 bits per heavy atom. The number of methoxy groups -OCH3 is 1. The Hall–Kier alpha value is -3.07. The summed E-state index contributed by atoms with van der Waals surface area (Å²) in [6.45, 7) is 7.33. The third-order valence-corrected chi connectivity index (χ3v) is 5.11. The predicted molar refractivity (Wildman–Crippen MR) is 112 cm³/mol. The van der Waals surface area contributed by atoms with E-state index >= 15 is 0 Å². The summed E-state index contributed by atoms with van der Waals surface area (Å²) in [5.74, 6) is 1.83. The normalized spacial score (nSPS) is 11.1. The number of hydrogen-bond acceptors (Lipinski definition) is 2. The van der Waals surface area contributed by atoms with Crippen LogP contribution in [0.15, 0.2) is 60.7 Å². The SMILES string of the molecule is CCn1c(-c2ccccc2-c2ccc(C)cc2C)nc2cc(OC)ccc21. The summed E-state index contributed by atoms with van der Waals surface area (Å²) in [5, 5.41) is 0. The summed E-state index contributed by atoms with van der Waals surface area (Å²) < 4.78 is 7.66. The molecule has 0 saturated heterocycles. The molecule has 0 saturated carbocycles. The van der Waals surface area contributed by atoms with Crippen LogP contribution in [0.2, 0.25) is 0 Å². The molecule has 3 aromatic carbocycles. The van der Waals surface area contributed by atoms with E-state index in [0.717, 1.165) is 34.7 Å². The number of imidazole rings is 1. The number of fused-ring (bicyclic) bond motifs is 1. The van der Waals surface area contributed by atoms with Gasteiger partial charge in [-0.2, -0.15) is 0 Å². The number of hydrogen-bond donors (Lipinski definition) is 0. The van der Waals surface area contributed by atoms with Crippen molar-refractivity contribution in [1.82, 2.24) is 9.55 Å². The first-order chi connectivity index (χ1) is 13.1. The van der Waals surface area contributed by atoms with Crippen molar-refractivity contribution in [1.29, 1.82) is 0 Å². The molecule has 0 unspecified atom stereocenters. The quantitative estimate of drug-likeness (QED) is 0.447. The Morgan fingerprint density at radius 2 is 1.67 bits per heavy atom. The minimum absolute atomic E-state index is 0.831. The van der Waals surface area contributed by atoms with Crippen molar-refractivity contribution in [3.63, 3.8) is 0 Å². The summed E-state index contributed by atoms with van der Waals surface area (Å²) in [6.07, 6.45) is 0. The van der Waals surface area contributed by atoms with Gasteiger partial charge in [-0.15, -0.1) is 0 Å². The molecule has 0 amide bonds. The van der Waals surface area contributed by atoms with Gasteiger partial charge in [-0.25, -0.2) is 4.98 Å². The van der Waals surface area contributed by atoms with Gasteiger partial charge in [-0.05, 0) is 49.6 Å². The van der Waals surface area contributed by atoms with E-state index in [0.29, 0.717) is 0 Å². The first kappa shape index (κ1) is 17.3. The van der Waals surface area contributed by atoms with Gasteiger partial charge in [0.05, 0.1) is 18.1 Å². The van der Waals surface area contributed by atoms with Crippen LogP contribution in [0.25, 0.3) is 33.5 Å². The minimum Gasteiger partial charge on any atom is -0.497 e. The first-order valence-corrected chi connectivity index (χ1v) is 9.33. The van der Waals surface area contributed by atoms with Crippen LogP contribution >= 0.6 is 0 Å². The highest BCUT2D eigenvalue weighted by molar-refractivity contribution is 5.88. The van der Waals surface area contributed by atoms with E-state index in [9.17, 15) is 0 Å². The van der Waals surface area contributed by atoms with Crippen molar-refractivity contribution in [2.24, 2.45) is 0 Å². The lowest BCUT2D eigenvalue weighted by molar-refractivity contribution is 0.415. The van der Waals surface area contributed by atoms with Crippen molar-refractivity contribution in [2.45, 2.75) is 27.3 Å². The van der Waals surface area contributed by atoms with Crippen LogP contribution in [0.4, 0.5) is 0 Å². The molecule has 0 fully saturated rings. The van der Waals surface area contributed by atoms with E-state index < -0.39 is 0 Å². The fourth-order valence-corrected chi connectivity index (χ4v) is 3.79. The Kier molecular flexibility index (Phi) is 4.44. The summed E-state index contributed by atoms with van der Waals surface area (Å²) >= 11 is 0. The molecule has 4 aromatic rings. The minimum atomic E-state index is 0.831. The second-order valence-electron chi connectivity index (χ2n) is 6.90. The Bertz CT molecular complexity index is 1120. The van der Waals surface area contributed by atoms with Crippen LogP contribution in [-0.4, -0.2) is 16.7 Å². The molecule has 0 radical (unpaired) electrons. The first-order valence-electron chi connectivity index (χ1n) is 9.33. The summed E-state index contributed by atoms with van der Waals surface area (Å²) in [7, 11) is 1.69. The van der Waals surface area contributed by atoms with E-state index in [1.165, 1.54) is 22.3 Å². The summed E-state index contributed by atoms with van der Waals surface area (Å²) in [6, 6.07) is 21.3. The molecule has 0 bridgehead atoms. The highest BCUT2D eigenvalue weighted by Gasteiger charge is 2.16. The maximum Gasteiger partial charge on any atom is 0.141 e. The van der Waals surface area contributed by atoms with E-state index in [-0.39, 0.29) is 0 Å². The lowest BCUT2D eigenvalue weighted by Gasteiger charge is -2.14. The highest BCUT2D eigenvalue weighted by Crippen LogP contribution is 2.35. The van der Waals surface area contributed by atoms with E-state index in [1.807, 2.05) is 12.1 Å². The van der Waals surface area contributed by atoms with Crippen molar-refractivity contribution < 1.29 is 4.74 Å². The van der Waals surface area contributed by atoms with Crippen LogP contribution < -0.4 is 4.74 Å². The number of benzene rings is 3. The van der Waals surface area contributed by atoms with Gasteiger partial charge in [0.2, 0.25) is 0 Å². The van der Waals surface area contributed by atoms with Crippen molar-refractivity contribution >= 4 is 11.0 Å². The van der Waals surface area contributed by atoms with E-state index in [4.69, 9.17) is 9.72 Å². The van der Waals surface area contributed by atoms with Gasteiger partial charge in [-0.3, -0.25) is 0 Å². The zero-order valence-corrected chi connectivity index (χ0v) is 16.3. The van der Waals surface area contributed by atoms with Gasteiger partial charge >= 0.3 is 0 Å². The molecule has 0 spiro atoms. The van der Waals surface area contributed by atoms with Crippen LogP contribution in [0.3, 0.4) is 0 Å². The standard InChI is InChI=1S/C24H24N2O/c1-5-26-23-13-11-18(27-4)15-22(23)25-24(26)21-9-7-6-8-20(21)19-12-10-16(2)14-17(19)3/h6-15H,5H2,1-4H3. The third kappa shape index (κ3) is 2.99. The molecule has 3 heteroatoms. The Labute approximate surface area is 160 Å². The fraction of sp³-hybridized carbons (Fsp3) is 0.208. The largest absolute Gasteiger partial charge is 0.497 e. The number of nitrogens with zero attached hydrogens (tertiary/aromatic N) is 2. The van der Waals surface area contributed by atoms with Gasteiger partial charge in [0.25, 0.3) is 0 Å². The average molecular weight is 356 g/mol. The molecule has 3 nitrogen and oxygen atoms in total. The number of aryl methyl sites for hydroxylation is 3. The Balaban J connectivity index is 1.97. The van der Waals surface area contributed by atoms with Gasteiger partial charge in [-0.1, -0.05) is 48.0 Å². The van der Waals surface area contributed by atoms with Crippen LogP contribution in [0.1, 0.15) is 18.1 Å². The molecule has 0 aliphatic rings. The molecule has 0 atom stereocenters. The van der Waals surface area contributed by atoms with Gasteiger partial charge in [0.15, 0.2) is 0 Å². The highest BCUT2D eigenvalue weighted by atomic mass is 16.5.